The van der Waals surface area contributed by atoms with E-state index in [9.17, 15) is 4.79 Å². The van der Waals surface area contributed by atoms with Gasteiger partial charge in [-0.2, -0.15) is 0 Å². The maximum atomic E-state index is 11.4. The number of primary amides is 1. The third-order valence-electron chi connectivity index (χ3n) is 7.26. The topological polar surface area (TPSA) is 109 Å². The molecule has 1 saturated carbocycles. The van der Waals surface area contributed by atoms with E-state index in [4.69, 9.17) is 19.9 Å². The fourth-order valence-corrected chi connectivity index (χ4v) is 5.05. The number of ether oxygens (including phenoxy) is 3. The van der Waals surface area contributed by atoms with Crippen molar-refractivity contribution in [2.45, 2.75) is 38.0 Å². The molecule has 1 heterocycles. The van der Waals surface area contributed by atoms with Crippen LogP contribution in [0, 0.1) is 0 Å². The minimum absolute atomic E-state index is 0.00930. The summed E-state index contributed by atoms with van der Waals surface area (Å²) >= 11 is 0. The monoisotopic (exact) mass is 558 g/mol. The lowest BCUT2D eigenvalue weighted by Gasteiger charge is -2.22. The standard InChI is InChI=1S/C34H30N4O4/c35-31(39)27-15-21-30(22-16-27)42-34-37-32(40-28-17-11-25(12-18-28)23-7-3-1-4-8-23)36-33(38-34)41-29-19-13-26(14-20-29)24-9-5-2-6-10-24/h1,3-4,7-8,11-22,24H,2,5-6,9-10H2,(H2,35,39). The van der Waals surface area contributed by atoms with E-state index in [-0.39, 0.29) is 18.0 Å². The van der Waals surface area contributed by atoms with Gasteiger partial charge in [0.2, 0.25) is 5.91 Å². The summed E-state index contributed by atoms with van der Waals surface area (Å²) in [5.74, 6) is 1.61. The van der Waals surface area contributed by atoms with E-state index < -0.39 is 5.91 Å². The van der Waals surface area contributed by atoms with Gasteiger partial charge in [0.25, 0.3) is 0 Å². The summed E-state index contributed by atoms with van der Waals surface area (Å²) in [4.78, 5) is 24.5. The Balaban J connectivity index is 1.24. The van der Waals surface area contributed by atoms with Crippen LogP contribution in [0.15, 0.2) is 103 Å². The Morgan fingerprint density at radius 1 is 0.571 bits per heavy atom. The van der Waals surface area contributed by atoms with Crippen LogP contribution in [0.1, 0.15) is 53.9 Å². The van der Waals surface area contributed by atoms with Crippen molar-refractivity contribution in [3.8, 4) is 46.4 Å². The molecule has 1 aromatic heterocycles. The number of benzene rings is 4. The molecule has 1 aliphatic carbocycles. The fourth-order valence-electron chi connectivity index (χ4n) is 5.05. The third kappa shape index (κ3) is 6.72. The van der Waals surface area contributed by atoms with Gasteiger partial charge in [-0.05, 0) is 84.0 Å². The lowest BCUT2D eigenvalue weighted by Crippen LogP contribution is -2.10. The number of hydrogen-bond donors (Lipinski definition) is 1. The molecular weight excluding hydrogens is 528 g/mol. The van der Waals surface area contributed by atoms with Crippen LogP contribution in [0.3, 0.4) is 0 Å². The normalized spacial score (nSPS) is 13.3. The van der Waals surface area contributed by atoms with Crippen molar-refractivity contribution in [3.63, 3.8) is 0 Å². The molecule has 0 spiro atoms. The Morgan fingerprint density at radius 3 is 1.52 bits per heavy atom. The largest absolute Gasteiger partial charge is 0.424 e. The van der Waals surface area contributed by atoms with Crippen LogP contribution < -0.4 is 19.9 Å². The minimum atomic E-state index is -0.527. The second-order valence-electron chi connectivity index (χ2n) is 10.2. The molecule has 42 heavy (non-hydrogen) atoms. The molecule has 1 fully saturated rings. The molecule has 0 unspecified atom stereocenters. The highest BCUT2D eigenvalue weighted by molar-refractivity contribution is 5.92. The molecule has 8 nitrogen and oxygen atoms in total. The summed E-state index contributed by atoms with van der Waals surface area (Å²) in [5, 5.41) is 0. The number of carbonyl (C=O) groups is 1. The van der Waals surface area contributed by atoms with E-state index in [1.165, 1.54) is 37.7 Å². The molecular formula is C34H30N4O4. The first-order chi connectivity index (χ1) is 20.6. The molecule has 1 aliphatic rings. The molecule has 0 atom stereocenters. The van der Waals surface area contributed by atoms with Gasteiger partial charge in [0, 0.05) is 5.56 Å². The van der Waals surface area contributed by atoms with Crippen molar-refractivity contribution in [1.29, 1.82) is 0 Å². The molecule has 1 amide bonds. The van der Waals surface area contributed by atoms with Crippen molar-refractivity contribution < 1.29 is 19.0 Å². The first-order valence-electron chi connectivity index (χ1n) is 14.0. The van der Waals surface area contributed by atoms with Crippen LogP contribution in [-0.2, 0) is 0 Å². The first-order valence-corrected chi connectivity index (χ1v) is 14.0. The molecule has 6 rings (SSSR count). The molecule has 0 bridgehead atoms. The molecule has 2 N–H and O–H groups in total. The highest BCUT2D eigenvalue weighted by Gasteiger charge is 2.17. The predicted octanol–water partition coefficient (Wildman–Crippen LogP) is 8.06. The number of nitrogens with zero attached hydrogens (tertiary/aromatic N) is 3. The molecule has 0 radical (unpaired) electrons. The number of aromatic nitrogens is 3. The van der Waals surface area contributed by atoms with Crippen LogP contribution in [-0.4, -0.2) is 20.9 Å². The van der Waals surface area contributed by atoms with E-state index >= 15 is 0 Å². The Bertz CT molecular complexity index is 1630. The molecule has 5 aromatic rings. The van der Waals surface area contributed by atoms with E-state index in [2.05, 4.69) is 27.1 Å². The van der Waals surface area contributed by atoms with Crippen molar-refractivity contribution in [2.75, 3.05) is 0 Å². The summed E-state index contributed by atoms with van der Waals surface area (Å²) in [5.41, 5.74) is 9.20. The maximum Gasteiger partial charge on any atom is 0.331 e. The Hall–Kier alpha value is -5.24. The lowest BCUT2D eigenvalue weighted by molar-refractivity contribution is 0.1000. The van der Waals surface area contributed by atoms with E-state index in [0.29, 0.717) is 28.7 Å². The summed E-state index contributed by atoms with van der Waals surface area (Å²) in [7, 11) is 0. The molecule has 0 aliphatic heterocycles. The predicted molar refractivity (Wildman–Crippen MR) is 159 cm³/mol. The smallest absolute Gasteiger partial charge is 0.331 e. The molecule has 210 valence electrons. The van der Waals surface area contributed by atoms with Crippen molar-refractivity contribution in [1.82, 2.24) is 15.0 Å². The molecule has 8 heteroatoms. The van der Waals surface area contributed by atoms with Crippen molar-refractivity contribution in [2.24, 2.45) is 5.73 Å². The van der Waals surface area contributed by atoms with Gasteiger partial charge in [-0.3, -0.25) is 4.79 Å². The summed E-state index contributed by atoms with van der Waals surface area (Å²) < 4.78 is 17.9. The maximum absolute atomic E-state index is 11.4. The van der Waals surface area contributed by atoms with Gasteiger partial charge >= 0.3 is 18.0 Å². The Morgan fingerprint density at radius 2 is 1.02 bits per heavy atom. The molecule has 4 aromatic carbocycles. The quantitative estimate of drug-likeness (QED) is 0.195. The average molecular weight is 559 g/mol. The van der Waals surface area contributed by atoms with Crippen LogP contribution >= 0.6 is 0 Å². The van der Waals surface area contributed by atoms with Gasteiger partial charge < -0.3 is 19.9 Å². The number of hydrogen-bond acceptors (Lipinski definition) is 7. The average Bonchev–Trinajstić information content (AvgIpc) is 3.03. The third-order valence-corrected chi connectivity index (χ3v) is 7.26. The van der Waals surface area contributed by atoms with Crippen LogP contribution in [0.4, 0.5) is 0 Å². The fraction of sp³-hybridized carbons (Fsp3) is 0.176. The van der Waals surface area contributed by atoms with Gasteiger partial charge in [0.15, 0.2) is 0 Å². The zero-order chi connectivity index (χ0) is 28.7. The molecule has 0 saturated heterocycles. The lowest BCUT2D eigenvalue weighted by atomic mass is 9.84. The SMILES string of the molecule is NC(=O)c1ccc(Oc2nc(Oc3ccc(-c4ccccc4)cc3)nc(Oc3ccc(C4CCCCC4)cc3)n2)cc1. The number of carbonyl (C=O) groups excluding carboxylic acids is 1. The first kappa shape index (κ1) is 27.0. The highest BCUT2D eigenvalue weighted by Crippen LogP contribution is 2.34. The summed E-state index contributed by atoms with van der Waals surface area (Å²) in [6.07, 6.45) is 6.32. The van der Waals surface area contributed by atoms with Gasteiger partial charge in [-0.15, -0.1) is 15.0 Å². The van der Waals surface area contributed by atoms with E-state index in [0.717, 1.165) is 11.1 Å². The second kappa shape index (κ2) is 12.5. The van der Waals surface area contributed by atoms with Gasteiger partial charge in [0.05, 0.1) is 0 Å². The summed E-state index contributed by atoms with van der Waals surface area (Å²) in [6, 6.07) is 32.1. The van der Waals surface area contributed by atoms with Crippen LogP contribution in [0.5, 0.6) is 35.3 Å². The van der Waals surface area contributed by atoms with Crippen LogP contribution in [0.2, 0.25) is 0 Å². The number of nitrogens with two attached hydrogens (primary N) is 1. The zero-order valence-corrected chi connectivity index (χ0v) is 23.0. The van der Waals surface area contributed by atoms with E-state index in [1.54, 1.807) is 24.3 Å². The van der Waals surface area contributed by atoms with Gasteiger partial charge in [-0.1, -0.05) is 73.9 Å². The summed E-state index contributed by atoms with van der Waals surface area (Å²) in [6.45, 7) is 0. The number of amides is 1. The Kier molecular flexibility index (Phi) is 8.03. The van der Waals surface area contributed by atoms with Crippen molar-refractivity contribution >= 4 is 5.91 Å². The van der Waals surface area contributed by atoms with Crippen molar-refractivity contribution in [3.05, 3.63) is 114 Å². The zero-order valence-electron chi connectivity index (χ0n) is 23.0. The second-order valence-corrected chi connectivity index (χ2v) is 10.2. The van der Waals surface area contributed by atoms with Gasteiger partial charge in [-0.25, -0.2) is 0 Å². The minimum Gasteiger partial charge on any atom is -0.424 e. The Labute approximate surface area is 244 Å². The van der Waals surface area contributed by atoms with E-state index in [1.807, 2.05) is 66.7 Å². The number of rotatable bonds is 9. The highest BCUT2D eigenvalue weighted by atomic mass is 16.5. The van der Waals surface area contributed by atoms with Gasteiger partial charge in [0.1, 0.15) is 17.2 Å². The van der Waals surface area contributed by atoms with Crippen LogP contribution in [0.25, 0.3) is 11.1 Å².